The Morgan fingerprint density at radius 3 is 2.47 bits per heavy atom. The molecule has 3 atom stereocenters. The van der Waals surface area contributed by atoms with Gasteiger partial charge in [0.1, 0.15) is 16.4 Å². The lowest BCUT2D eigenvalue weighted by Crippen LogP contribution is -2.56. The number of benzene rings is 2. The number of Topliss-reactive ketones (excluding diaryl/α,β-unsaturated/α-hetero) is 2. The molecule has 186 valence electrons. The van der Waals surface area contributed by atoms with E-state index in [0.717, 1.165) is 0 Å². The van der Waals surface area contributed by atoms with Gasteiger partial charge < -0.3 is 19.5 Å². The molecular formula is C26H23NO8S. The molecule has 0 spiro atoms. The number of hydrogen-bond donors (Lipinski definition) is 3. The first-order valence-electron chi connectivity index (χ1n) is 11.3. The second kappa shape index (κ2) is 8.42. The fourth-order valence-electron chi connectivity index (χ4n) is 5.45. The van der Waals surface area contributed by atoms with Gasteiger partial charge in [-0.05, 0) is 49.2 Å². The zero-order chi connectivity index (χ0) is 25.8. The Morgan fingerprint density at radius 1 is 1.06 bits per heavy atom. The summed E-state index contributed by atoms with van der Waals surface area (Å²) in [6, 6.07) is 12.0. The molecule has 10 heteroatoms. The van der Waals surface area contributed by atoms with E-state index in [4.69, 9.17) is 4.18 Å². The van der Waals surface area contributed by atoms with E-state index in [2.05, 4.69) is 11.7 Å². The van der Waals surface area contributed by atoms with E-state index in [1.165, 1.54) is 30.3 Å². The third-order valence-corrected chi connectivity index (χ3v) is 8.39. The zero-order valence-electron chi connectivity index (χ0n) is 19.0. The van der Waals surface area contributed by atoms with Gasteiger partial charge >= 0.3 is 10.1 Å². The summed E-state index contributed by atoms with van der Waals surface area (Å²) in [5.74, 6) is -4.25. The van der Waals surface area contributed by atoms with E-state index in [0.29, 0.717) is 5.56 Å². The second-order valence-electron chi connectivity index (χ2n) is 9.17. The highest BCUT2D eigenvalue weighted by Gasteiger charge is 2.58. The first-order valence-corrected chi connectivity index (χ1v) is 12.7. The normalized spacial score (nSPS) is 25.7. The summed E-state index contributed by atoms with van der Waals surface area (Å²) >= 11 is 0. The van der Waals surface area contributed by atoms with Crippen molar-refractivity contribution in [3.63, 3.8) is 0 Å². The summed E-state index contributed by atoms with van der Waals surface area (Å²) in [5, 5.41) is 33.0. The van der Waals surface area contributed by atoms with Gasteiger partial charge in [0, 0.05) is 17.9 Å². The highest BCUT2D eigenvalue weighted by Crippen LogP contribution is 2.51. The van der Waals surface area contributed by atoms with E-state index < -0.39 is 44.9 Å². The van der Waals surface area contributed by atoms with Crippen LogP contribution in [-0.2, 0) is 21.3 Å². The number of aliphatic imine (C=N–C) groups is 1. The molecule has 0 aromatic heterocycles. The molecule has 0 bridgehead atoms. The number of fused-ring (bicyclic) bond motifs is 3. The summed E-state index contributed by atoms with van der Waals surface area (Å²) in [4.78, 5) is 30.4. The summed E-state index contributed by atoms with van der Waals surface area (Å²) < 4.78 is 31.0. The van der Waals surface area contributed by atoms with Crippen LogP contribution in [0.3, 0.4) is 0 Å². The van der Waals surface area contributed by atoms with Gasteiger partial charge in [0.15, 0.2) is 17.1 Å². The number of ketones is 2. The lowest BCUT2D eigenvalue weighted by Gasteiger charge is -2.45. The average Bonchev–Trinajstić information content (AvgIpc) is 2.84. The molecule has 2 aromatic carbocycles. The van der Waals surface area contributed by atoms with Crippen LogP contribution in [0.1, 0.15) is 28.8 Å². The first-order chi connectivity index (χ1) is 17.1. The Balaban J connectivity index is 1.60. The van der Waals surface area contributed by atoms with Crippen molar-refractivity contribution in [1.82, 2.24) is 0 Å². The maximum absolute atomic E-state index is 13.7. The van der Waals surface area contributed by atoms with Crippen molar-refractivity contribution in [1.29, 1.82) is 0 Å². The SMILES string of the molecule is C=NCC1=C(O)C[C@@H]2C[C@@H]3Cc4cccc(OS(=O)(=O)c5ccccc5)c4C(=O)C3=C(O)[C@]2(O)C1=O. The molecular weight excluding hydrogens is 486 g/mol. The molecule has 36 heavy (non-hydrogen) atoms. The van der Waals surface area contributed by atoms with Crippen LogP contribution in [0, 0.1) is 11.8 Å². The fraction of sp³-hybridized carbons (Fsp3) is 0.269. The predicted molar refractivity (Wildman–Crippen MR) is 129 cm³/mol. The standard InChI is InChI=1S/C26H23NO8S/c1-27-13-18-19(28)12-16-11-15-10-14-6-5-9-20(35-36(33,34)17-7-3-2-4-8-17)21(14)23(29)22(15)25(31)26(16,32)24(18)30/h2-9,15-16,28,31-32H,1,10-13H2/t15-,16-,26+/m0/s1. The second-order valence-corrected chi connectivity index (χ2v) is 10.7. The van der Waals surface area contributed by atoms with Crippen molar-refractivity contribution < 1.29 is 37.5 Å². The van der Waals surface area contributed by atoms with Gasteiger partial charge in [-0.2, -0.15) is 8.42 Å². The monoisotopic (exact) mass is 509 g/mol. The number of carbonyl (C=O) groups is 2. The van der Waals surface area contributed by atoms with Gasteiger partial charge in [0.05, 0.1) is 17.7 Å². The van der Waals surface area contributed by atoms with Crippen LogP contribution >= 0.6 is 0 Å². The smallest absolute Gasteiger partial charge is 0.339 e. The molecule has 0 fully saturated rings. The van der Waals surface area contributed by atoms with Crippen LogP contribution < -0.4 is 4.18 Å². The van der Waals surface area contributed by atoms with E-state index in [1.54, 1.807) is 18.2 Å². The first kappa shape index (κ1) is 24.0. The van der Waals surface area contributed by atoms with Gasteiger partial charge in [-0.3, -0.25) is 14.6 Å². The summed E-state index contributed by atoms with van der Waals surface area (Å²) in [6.07, 6.45) is 0.328. The minimum absolute atomic E-state index is 0.0496. The minimum Gasteiger partial charge on any atom is -0.512 e. The number of aliphatic hydroxyl groups excluding tert-OH is 2. The maximum Gasteiger partial charge on any atom is 0.339 e. The van der Waals surface area contributed by atoms with E-state index in [9.17, 15) is 33.3 Å². The van der Waals surface area contributed by atoms with Crippen LogP contribution in [0.4, 0.5) is 0 Å². The average molecular weight is 510 g/mol. The summed E-state index contributed by atoms with van der Waals surface area (Å²) in [5.41, 5.74) is -2.26. The Bertz CT molecular complexity index is 1470. The third-order valence-electron chi connectivity index (χ3n) is 7.14. The Labute approximate surface area is 207 Å². The van der Waals surface area contributed by atoms with Crippen LogP contribution in [-0.4, -0.2) is 54.2 Å². The highest BCUT2D eigenvalue weighted by molar-refractivity contribution is 7.87. The van der Waals surface area contributed by atoms with Crippen LogP contribution in [0.25, 0.3) is 0 Å². The minimum atomic E-state index is -4.26. The lowest BCUT2D eigenvalue weighted by molar-refractivity contribution is -0.142. The topological polar surface area (TPSA) is 151 Å². The van der Waals surface area contributed by atoms with Crippen molar-refractivity contribution >= 4 is 28.4 Å². The lowest BCUT2D eigenvalue weighted by atomic mass is 9.60. The molecule has 3 aliphatic carbocycles. The van der Waals surface area contributed by atoms with Crippen LogP contribution in [0.5, 0.6) is 5.75 Å². The number of allylic oxidation sites excluding steroid dienone is 2. The summed E-state index contributed by atoms with van der Waals surface area (Å²) in [7, 11) is -4.26. The van der Waals surface area contributed by atoms with Gasteiger partial charge in [0.2, 0.25) is 5.78 Å². The number of hydrogen-bond acceptors (Lipinski definition) is 9. The zero-order valence-corrected chi connectivity index (χ0v) is 19.9. The van der Waals surface area contributed by atoms with Crippen molar-refractivity contribution in [2.24, 2.45) is 16.8 Å². The van der Waals surface area contributed by atoms with E-state index in [1.807, 2.05) is 0 Å². The van der Waals surface area contributed by atoms with E-state index >= 15 is 0 Å². The molecule has 9 nitrogen and oxygen atoms in total. The van der Waals surface area contributed by atoms with Crippen molar-refractivity contribution in [2.75, 3.05) is 6.54 Å². The van der Waals surface area contributed by atoms with Crippen molar-refractivity contribution in [3.05, 3.63) is 82.3 Å². The molecule has 0 heterocycles. The molecule has 0 unspecified atom stereocenters. The number of aliphatic hydroxyl groups is 3. The largest absolute Gasteiger partial charge is 0.512 e. The maximum atomic E-state index is 13.7. The predicted octanol–water partition coefficient (Wildman–Crippen LogP) is 2.86. The van der Waals surface area contributed by atoms with Crippen LogP contribution in [0.15, 0.2) is 81.1 Å². The third kappa shape index (κ3) is 3.48. The van der Waals surface area contributed by atoms with Gasteiger partial charge in [-0.15, -0.1) is 0 Å². The number of carbonyl (C=O) groups excluding carboxylic acids is 2. The number of rotatable bonds is 5. The highest BCUT2D eigenvalue weighted by atomic mass is 32.2. The molecule has 3 N–H and O–H groups in total. The molecule has 0 saturated heterocycles. The van der Waals surface area contributed by atoms with E-state index in [-0.39, 0.29) is 58.9 Å². The molecule has 3 aliphatic rings. The van der Waals surface area contributed by atoms with Crippen molar-refractivity contribution in [2.45, 2.75) is 29.8 Å². The number of nitrogens with zero attached hydrogens (tertiary/aromatic N) is 1. The quantitative estimate of drug-likeness (QED) is 0.411. The summed E-state index contributed by atoms with van der Waals surface area (Å²) in [6.45, 7) is 3.06. The molecule has 2 aromatic rings. The van der Waals surface area contributed by atoms with Crippen molar-refractivity contribution in [3.8, 4) is 5.75 Å². The molecule has 0 amide bonds. The Kier molecular flexibility index (Phi) is 5.60. The van der Waals surface area contributed by atoms with Crippen LogP contribution in [0.2, 0.25) is 0 Å². The Hall–Kier alpha value is -3.76. The van der Waals surface area contributed by atoms with Gasteiger partial charge in [-0.1, -0.05) is 30.3 Å². The van der Waals surface area contributed by atoms with Gasteiger partial charge in [-0.25, -0.2) is 0 Å². The molecule has 0 radical (unpaired) electrons. The Morgan fingerprint density at radius 2 is 1.78 bits per heavy atom. The molecule has 5 rings (SSSR count). The van der Waals surface area contributed by atoms with Gasteiger partial charge in [0.25, 0.3) is 0 Å². The molecule has 0 saturated carbocycles. The molecule has 0 aliphatic heterocycles. The fourth-order valence-corrected chi connectivity index (χ4v) is 6.41.